The summed E-state index contributed by atoms with van der Waals surface area (Å²) in [5.74, 6) is 0.911. The monoisotopic (exact) mass is 447 g/mol. The SMILES string of the molecule is CCOc1cccc(CNC(=NC)NCC2(c3ccccc3)CCOCC2)c1OC(F)F. The Morgan fingerprint density at radius 1 is 1.09 bits per heavy atom. The number of nitrogens with zero attached hydrogens (tertiary/aromatic N) is 1. The number of para-hydroxylation sites is 1. The fourth-order valence-corrected chi connectivity index (χ4v) is 3.97. The van der Waals surface area contributed by atoms with Crippen LogP contribution in [-0.2, 0) is 16.7 Å². The highest BCUT2D eigenvalue weighted by atomic mass is 19.3. The second kappa shape index (κ2) is 11.7. The zero-order valence-corrected chi connectivity index (χ0v) is 18.6. The number of halogens is 2. The van der Waals surface area contributed by atoms with E-state index in [1.807, 2.05) is 6.07 Å². The van der Waals surface area contributed by atoms with Gasteiger partial charge in [0.05, 0.1) is 6.61 Å². The molecule has 0 radical (unpaired) electrons. The fraction of sp³-hybridized carbons (Fsp3) is 0.458. The van der Waals surface area contributed by atoms with Gasteiger partial charge in [0, 0.05) is 44.3 Å². The molecule has 32 heavy (non-hydrogen) atoms. The summed E-state index contributed by atoms with van der Waals surface area (Å²) < 4.78 is 41.8. The van der Waals surface area contributed by atoms with Crippen LogP contribution < -0.4 is 20.1 Å². The maximum absolute atomic E-state index is 13.0. The van der Waals surface area contributed by atoms with Gasteiger partial charge >= 0.3 is 6.61 Å². The molecule has 1 aliphatic rings. The summed E-state index contributed by atoms with van der Waals surface area (Å²) in [6, 6.07) is 15.5. The second-order valence-electron chi connectivity index (χ2n) is 7.59. The van der Waals surface area contributed by atoms with Gasteiger partial charge in [-0.3, -0.25) is 4.99 Å². The number of benzene rings is 2. The Bertz CT molecular complexity index is 872. The van der Waals surface area contributed by atoms with Crippen molar-refractivity contribution >= 4 is 5.96 Å². The normalized spacial score (nSPS) is 16.0. The number of rotatable bonds is 9. The lowest BCUT2D eigenvalue weighted by Gasteiger charge is -2.38. The molecule has 0 amide bonds. The molecule has 0 bridgehead atoms. The van der Waals surface area contributed by atoms with Gasteiger partial charge in [-0.15, -0.1) is 0 Å². The van der Waals surface area contributed by atoms with E-state index in [2.05, 4.69) is 39.9 Å². The third-order valence-electron chi connectivity index (χ3n) is 5.67. The number of ether oxygens (including phenoxy) is 3. The molecule has 2 aromatic rings. The predicted molar refractivity (Wildman–Crippen MR) is 121 cm³/mol. The Morgan fingerprint density at radius 2 is 1.84 bits per heavy atom. The van der Waals surface area contributed by atoms with Gasteiger partial charge in [-0.2, -0.15) is 8.78 Å². The van der Waals surface area contributed by atoms with Crippen molar-refractivity contribution in [1.29, 1.82) is 0 Å². The van der Waals surface area contributed by atoms with Crippen molar-refractivity contribution in [3.05, 3.63) is 59.7 Å². The number of hydrogen-bond donors (Lipinski definition) is 2. The van der Waals surface area contributed by atoms with E-state index in [1.54, 1.807) is 32.2 Å². The summed E-state index contributed by atoms with van der Waals surface area (Å²) in [7, 11) is 1.68. The van der Waals surface area contributed by atoms with Gasteiger partial charge in [-0.05, 0) is 31.4 Å². The van der Waals surface area contributed by atoms with E-state index in [1.165, 1.54) is 5.56 Å². The fourth-order valence-electron chi connectivity index (χ4n) is 3.97. The van der Waals surface area contributed by atoms with Crippen molar-refractivity contribution in [3.8, 4) is 11.5 Å². The topological polar surface area (TPSA) is 64.1 Å². The molecule has 0 aromatic heterocycles. The quantitative estimate of drug-likeness (QED) is 0.448. The predicted octanol–water partition coefficient (Wildman–Crippen LogP) is 4.10. The van der Waals surface area contributed by atoms with E-state index in [9.17, 15) is 8.78 Å². The number of guanidine groups is 1. The van der Waals surface area contributed by atoms with Crippen LogP contribution in [0.15, 0.2) is 53.5 Å². The Balaban J connectivity index is 1.69. The van der Waals surface area contributed by atoms with Crippen LogP contribution in [0.5, 0.6) is 11.5 Å². The molecule has 2 N–H and O–H groups in total. The Kier molecular flexibility index (Phi) is 8.67. The molecular formula is C24H31F2N3O3. The van der Waals surface area contributed by atoms with Crippen LogP contribution in [0.25, 0.3) is 0 Å². The van der Waals surface area contributed by atoms with E-state index < -0.39 is 6.61 Å². The molecule has 0 atom stereocenters. The van der Waals surface area contributed by atoms with Crippen LogP contribution in [0, 0.1) is 0 Å². The van der Waals surface area contributed by atoms with Crippen LogP contribution >= 0.6 is 0 Å². The maximum Gasteiger partial charge on any atom is 0.387 e. The Morgan fingerprint density at radius 3 is 2.50 bits per heavy atom. The molecule has 8 heteroatoms. The Labute approximate surface area is 188 Å². The van der Waals surface area contributed by atoms with Gasteiger partial charge in [-0.25, -0.2) is 0 Å². The van der Waals surface area contributed by atoms with Crippen molar-refractivity contribution < 1.29 is 23.0 Å². The molecule has 3 rings (SSSR count). The minimum Gasteiger partial charge on any atom is -0.490 e. The van der Waals surface area contributed by atoms with E-state index in [-0.39, 0.29) is 17.7 Å². The lowest BCUT2D eigenvalue weighted by atomic mass is 9.74. The summed E-state index contributed by atoms with van der Waals surface area (Å²) in [5, 5.41) is 6.62. The van der Waals surface area contributed by atoms with E-state index >= 15 is 0 Å². The van der Waals surface area contributed by atoms with Crippen LogP contribution in [0.4, 0.5) is 8.78 Å². The standard InChI is InChI=1S/C24H31F2N3O3/c1-3-31-20-11-7-8-18(21(20)32-22(25)26)16-28-23(27-2)29-17-24(12-14-30-15-13-24)19-9-5-4-6-10-19/h4-11,22H,3,12-17H2,1-2H3,(H2,27,28,29). The zero-order valence-electron chi connectivity index (χ0n) is 18.6. The number of hydrogen-bond acceptors (Lipinski definition) is 4. The van der Waals surface area contributed by atoms with Crippen LogP contribution in [0.1, 0.15) is 30.9 Å². The van der Waals surface area contributed by atoms with Gasteiger partial charge in [0.2, 0.25) is 0 Å². The third kappa shape index (κ3) is 6.09. The summed E-state index contributed by atoms with van der Waals surface area (Å²) in [5.41, 5.74) is 1.77. The van der Waals surface area contributed by atoms with Gasteiger partial charge in [-0.1, -0.05) is 42.5 Å². The first-order chi connectivity index (χ1) is 15.6. The highest BCUT2D eigenvalue weighted by Gasteiger charge is 2.34. The van der Waals surface area contributed by atoms with Crippen molar-refractivity contribution in [2.45, 2.75) is 38.3 Å². The number of alkyl halides is 2. The highest BCUT2D eigenvalue weighted by molar-refractivity contribution is 5.79. The molecule has 1 aliphatic heterocycles. The lowest BCUT2D eigenvalue weighted by Crippen LogP contribution is -2.47. The first-order valence-corrected chi connectivity index (χ1v) is 10.9. The van der Waals surface area contributed by atoms with E-state index in [0.717, 1.165) is 12.8 Å². The van der Waals surface area contributed by atoms with Crippen molar-refractivity contribution in [2.24, 2.45) is 4.99 Å². The largest absolute Gasteiger partial charge is 0.490 e. The molecular weight excluding hydrogens is 416 g/mol. The van der Waals surface area contributed by atoms with Gasteiger partial charge < -0.3 is 24.8 Å². The van der Waals surface area contributed by atoms with E-state index in [4.69, 9.17) is 14.2 Å². The molecule has 0 aliphatic carbocycles. The van der Waals surface area contributed by atoms with Crippen LogP contribution in [-0.4, -0.2) is 46.0 Å². The second-order valence-corrected chi connectivity index (χ2v) is 7.59. The average Bonchev–Trinajstić information content (AvgIpc) is 2.82. The molecule has 0 unspecified atom stereocenters. The number of nitrogens with one attached hydrogen (secondary N) is 2. The highest BCUT2D eigenvalue weighted by Crippen LogP contribution is 2.34. The van der Waals surface area contributed by atoms with Gasteiger partial charge in [0.25, 0.3) is 0 Å². The van der Waals surface area contributed by atoms with Gasteiger partial charge in [0.1, 0.15) is 0 Å². The summed E-state index contributed by atoms with van der Waals surface area (Å²) in [4.78, 5) is 4.30. The zero-order chi connectivity index (χ0) is 22.8. The number of aliphatic imine (C=N–C) groups is 1. The average molecular weight is 448 g/mol. The molecule has 2 aromatic carbocycles. The molecule has 174 valence electrons. The lowest BCUT2D eigenvalue weighted by molar-refractivity contribution is -0.0520. The minimum atomic E-state index is -2.94. The molecule has 0 saturated carbocycles. The van der Waals surface area contributed by atoms with E-state index in [0.29, 0.717) is 43.6 Å². The minimum absolute atomic E-state index is 0.0393. The maximum atomic E-state index is 13.0. The molecule has 1 saturated heterocycles. The van der Waals surface area contributed by atoms with Crippen molar-refractivity contribution in [3.63, 3.8) is 0 Å². The molecule has 1 heterocycles. The molecule has 6 nitrogen and oxygen atoms in total. The summed E-state index contributed by atoms with van der Waals surface area (Å²) in [6.45, 7) is 1.56. The Hall–Kier alpha value is -2.87. The van der Waals surface area contributed by atoms with Crippen molar-refractivity contribution in [2.75, 3.05) is 33.4 Å². The van der Waals surface area contributed by atoms with Crippen LogP contribution in [0.3, 0.4) is 0 Å². The molecule has 0 spiro atoms. The summed E-state index contributed by atoms with van der Waals surface area (Å²) in [6.07, 6.45) is 1.81. The third-order valence-corrected chi connectivity index (χ3v) is 5.67. The first kappa shape index (κ1) is 23.8. The van der Waals surface area contributed by atoms with Crippen molar-refractivity contribution in [1.82, 2.24) is 10.6 Å². The first-order valence-electron chi connectivity index (χ1n) is 10.9. The molecule has 1 fully saturated rings. The smallest absolute Gasteiger partial charge is 0.387 e. The van der Waals surface area contributed by atoms with Crippen LogP contribution in [0.2, 0.25) is 0 Å². The summed E-state index contributed by atoms with van der Waals surface area (Å²) >= 11 is 0. The van der Waals surface area contributed by atoms with Gasteiger partial charge in [0.15, 0.2) is 17.5 Å².